The molecule has 1 aliphatic rings. The van der Waals surface area contributed by atoms with Crippen molar-refractivity contribution in [3.63, 3.8) is 0 Å². The van der Waals surface area contributed by atoms with E-state index in [4.69, 9.17) is 9.72 Å². The molecule has 4 heteroatoms. The van der Waals surface area contributed by atoms with E-state index >= 15 is 0 Å². The standard InChI is InChI=1S/C15H25N3O/c1-3-13-4-5-14(17-15(13)6-7-16-2)12-18-8-10-19-11-9-18/h4-5,16H,3,6-12H2,1-2H3. The zero-order valence-electron chi connectivity index (χ0n) is 12.1. The molecule has 0 aliphatic carbocycles. The smallest absolute Gasteiger partial charge is 0.0594 e. The average molecular weight is 263 g/mol. The number of aryl methyl sites for hydroxylation is 1. The van der Waals surface area contributed by atoms with E-state index in [-0.39, 0.29) is 0 Å². The van der Waals surface area contributed by atoms with Gasteiger partial charge in [0.25, 0.3) is 0 Å². The van der Waals surface area contributed by atoms with E-state index in [0.29, 0.717) is 0 Å². The number of rotatable bonds is 6. The lowest BCUT2D eigenvalue weighted by Gasteiger charge is -2.26. The lowest BCUT2D eigenvalue weighted by atomic mass is 10.1. The van der Waals surface area contributed by atoms with Crippen LogP contribution in [-0.2, 0) is 24.1 Å². The lowest BCUT2D eigenvalue weighted by Crippen LogP contribution is -2.36. The van der Waals surface area contributed by atoms with Gasteiger partial charge < -0.3 is 10.1 Å². The molecule has 4 nitrogen and oxygen atoms in total. The molecular formula is C15H25N3O. The van der Waals surface area contributed by atoms with Gasteiger partial charge in [-0.1, -0.05) is 13.0 Å². The van der Waals surface area contributed by atoms with Crippen LogP contribution in [0, 0.1) is 0 Å². The monoisotopic (exact) mass is 263 g/mol. The van der Waals surface area contributed by atoms with E-state index in [1.54, 1.807) is 0 Å². The number of nitrogens with zero attached hydrogens (tertiary/aromatic N) is 2. The average Bonchev–Trinajstić information content (AvgIpc) is 2.46. The van der Waals surface area contributed by atoms with Crippen LogP contribution in [0.3, 0.4) is 0 Å². The molecule has 0 atom stereocenters. The molecule has 0 amide bonds. The highest BCUT2D eigenvalue weighted by Crippen LogP contribution is 2.12. The van der Waals surface area contributed by atoms with Gasteiger partial charge in [-0.15, -0.1) is 0 Å². The summed E-state index contributed by atoms with van der Waals surface area (Å²) in [5, 5.41) is 3.20. The first kappa shape index (κ1) is 14.4. The van der Waals surface area contributed by atoms with Gasteiger partial charge in [0.2, 0.25) is 0 Å². The maximum Gasteiger partial charge on any atom is 0.0594 e. The van der Waals surface area contributed by atoms with Crippen molar-refractivity contribution in [1.82, 2.24) is 15.2 Å². The number of likely N-dealkylation sites (N-methyl/N-ethyl adjacent to an activating group) is 1. The van der Waals surface area contributed by atoms with E-state index in [9.17, 15) is 0 Å². The third kappa shape index (κ3) is 4.27. The van der Waals surface area contributed by atoms with E-state index in [1.165, 1.54) is 17.0 Å². The van der Waals surface area contributed by atoms with Gasteiger partial charge in [-0.25, -0.2) is 0 Å². The summed E-state index contributed by atoms with van der Waals surface area (Å²) in [4.78, 5) is 7.27. The van der Waals surface area contributed by atoms with Gasteiger partial charge in [0.1, 0.15) is 0 Å². The van der Waals surface area contributed by atoms with E-state index in [2.05, 4.69) is 29.3 Å². The molecule has 0 unspecified atom stereocenters. The van der Waals surface area contributed by atoms with Gasteiger partial charge in [0, 0.05) is 38.3 Å². The Kier molecular flexibility index (Phi) is 5.76. The number of morpholine rings is 1. The SMILES string of the molecule is CCc1ccc(CN2CCOCC2)nc1CCNC. The largest absolute Gasteiger partial charge is 0.379 e. The quantitative estimate of drug-likeness (QED) is 0.838. The van der Waals surface area contributed by atoms with Gasteiger partial charge >= 0.3 is 0 Å². The van der Waals surface area contributed by atoms with Crippen molar-refractivity contribution in [3.05, 3.63) is 29.1 Å². The van der Waals surface area contributed by atoms with Gasteiger partial charge in [-0.05, 0) is 25.1 Å². The summed E-state index contributed by atoms with van der Waals surface area (Å²) in [6.45, 7) is 7.86. The first-order valence-corrected chi connectivity index (χ1v) is 7.26. The van der Waals surface area contributed by atoms with Crippen LogP contribution in [0.5, 0.6) is 0 Å². The lowest BCUT2D eigenvalue weighted by molar-refractivity contribution is 0.0336. The van der Waals surface area contributed by atoms with Crippen molar-refractivity contribution in [2.75, 3.05) is 39.9 Å². The molecule has 1 saturated heterocycles. The molecule has 0 bridgehead atoms. The molecule has 1 fully saturated rings. The Morgan fingerprint density at radius 3 is 2.79 bits per heavy atom. The highest BCUT2D eigenvalue weighted by atomic mass is 16.5. The van der Waals surface area contributed by atoms with Crippen molar-refractivity contribution in [2.45, 2.75) is 26.3 Å². The van der Waals surface area contributed by atoms with E-state index < -0.39 is 0 Å². The zero-order chi connectivity index (χ0) is 13.5. The molecular weight excluding hydrogens is 238 g/mol. The minimum absolute atomic E-state index is 0.847. The summed E-state index contributed by atoms with van der Waals surface area (Å²) in [5.74, 6) is 0. The highest BCUT2D eigenvalue weighted by molar-refractivity contribution is 5.23. The van der Waals surface area contributed by atoms with Crippen LogP contribution < -0.4 is 5.32 Å². The van der Waals surface area contributed by atoms with Crippen molar-refractivity contribution < 1.29 is 4.74 Å². The third-order valence-electron chi connectivity index (χ3n) is 3.61. The van der Waals surface area contributed by atoms with Gasteiger partial charge in [0.15, 0.2) is 0 Å². The van der Waals surface area contributed by atoms with Gasteiger partial charge in [-0.3, -0.25) is 9.88 Å². The number of pyridine rings is 1. The zero-order valence-corrected chi connectivity index (χ0v) is 12.1. The van der Waals surface area contributed by atoms with E-state index in [0.717, 1.165) is 52.2 Å². The van der Waals surface area contributed by atoms with Crippen LogP contribution in [0.1, 0.15) is 23.9 Å². The van der Waals surface area contributed by atoms with Crippen LogP contribution in [0.15, 0.2) is 12.1 Å². The van der Waals surface area contributed by atoms with Crippen LogP contribution >= 0.6 is 0 Å². The molecule has 0 radical (unpaired) electrons. The summed E-state index contributed by atoms with van der Waals surface area (Å²) >= 11 is 0. The fourth-order valence-electron chi connectivity index (χ4n) is 2.43. The molecule has 19 heavy (non-hydrogen) atoms. The van der Waals surface area contributed by atoms with E-state index in [1.807, 2.05) is 7.05 Å². The number of hydrogen-bond donors (Lipinski definition) is 1. The second-order valence-corrected chi connectivity index (χ2v) is 5.00. The minimum atomic E-state index is 0.847. The van der Waals surface area contributed by atoms with Crippen LogP contribution in [0.2, 0.25) is 0 Å². The summed E-state index contributed by atoms with van der Waals surface area (Å²) in [7, 11) is 1.99. The molecule has 0 aromatic carbocycles. The second kappa shape index (κ2) is 7.58. The predicted molar refractivity (Wildman–Crippen MR) is 77.3 cm³/mol. The molecule has 2 heterocycles. The number of aromatic nitrogens is 1. The Morgan fingerprint density at radius 1 is 1.32 bits per heavy atom. The Balaban J connectivity index is 2.03. The predicted octanol–water partition coefficient (Wildman–Crippen LogP) is 1.24. The van der Waals surface area contributed by atoms with Crippen molar-refractivity contribution in [3.8, 4) is 0 Å². The third-order valence-corrected chi connectivity index (χ3v) is 3.61. The summed E-state index contributed by atoms with van der Waals surface area (Å²) in [5.41, 5.74) is 3.81. The summed E-state index contributed by atoms with van der Waals surface area (Å²) in [6.07, 6.45) is 2.07. The number of nitrogens with one attached hydrogen (secondary N) is 1. The maximum absolute atomic E-state index is 5.38. The Bertz CT molecular complexity index is 389. The molecule has 1 aromatic heterocycles. The summed E-state index contributed by atoms with van der Waals surface area (Å²) < 4.78 is 5.38. The molecule has 0 saturated carbocycles. The number of hydrogen-bond acceptors (Lipinski definition) is 4. The van der Waals surface area contributed by atoms with Crippen LogP contribution in [0.25, 0.3) is 0 Å². The maximum atomic E-state index is 5.38. The Hall–Kier alpha value is -0.970. The topological polar surface area (TPSA) is 37.4 Å². The van der Waals surface area contributed by atoms with Crippen LogP contribution in [0.4, 0.5) is 0 Å². The van der Waals surface area contributed by atoms with Gasteiger partial charge in [-0.2, -0.15) is 0 Å². The Morgan fingerprint density at radius 2 is 2.11 bits per heavy atom. The fourth-order valence-corrected chi connectivity index (χ4v) is 2.43. The first-order chi connectivity index (χ1) is 9.33. The Labute approximate surface area is 116 Å². The molecule has 1 aromatic rings. The first-order valence-electron chi connectivity index (χ1n) is 7.26. The fraction of sp³-hybridized carbons (Fsp3) is 0.667. The molecule has 106 valence electrons. The second-order valence-electron chi connectivity index (χ2n) is 5.00. The minimum Gasteiger partial charge on any atom is -0.379 e. The normalized spacial score (nSPS) is 16.7. The number of ether oxygens (including phenoxy) is 1. The van der Waals surface area contributed by atoms with Gasteiger partial charge in [0.05, 0.1) is 18.9 Å². The van der Waals surface area contributed by atoms with Crippen LogP contribution in [-0.4, -0.2) is 49.8 Å². The molecule has 2 rings (SSSR count). The summed E-state index contributed by atoms with van der Waals surface area (Å²) in [6, 6.07) is 4.42. The van der Waals surface area contributed by atoms with Crippen molar-refractivity contribution in [2.24, 2.45) is 0 Å². The molecule has 1 N–H and O–H groups in total. The molecule has 0 spiro atoms. The highest BCUT2D eigenvalue weighted by Gasteiger charge is 2.12. The van der Waals surface area contributed by atoms with Crippen molar-refractivity contribution >= 4 is 0 Å². The van der Waals surface area contributed by atoms with Crippen molar-refractivity contribution in [1.29, 1.82) is 0 Å². The molecule has 1 aliphatic heterocycles.